The lowest BCUT2D eigenvalue weighted by Gasteiger charge is -2.21. The summed E-state index contributed by atoms with van der Waals surface area (Å²) in [6.07, 6.45) is 0. The molecule has 1 aromatic carbocycles. The van der Waals surface area contributed by atoms with Crippen LogP contribution in [0.5, 0.6) is 0 Å². The number of nitrogen functional groups attached to an aromatic ring is 1. The predicted octanol–water partition coefficient (Wildman–Crippen LogP) is 0.0393. The molecule has 1 aromatic rings. The van der Waals surface area contributed by atoms with E-state index in [4.69, 9.17) is 15.6 Å². The first-order valence-electron chi connectivity index (χ1n) is 5.92. The molecule has 0 atom stereocenters. The average Bonchev–Trinajstić information content (AvgIpc) is 2.37. The van der Waals surface area contributed by atoms with E-state index in [2.05, 4.69) is 0 Å². The summed E-state index contributed by atoms with van der Waals surface area (Å²) in [5, 5.41) is 8.95. The second kappa shape index (κ2) is 7.44. The smallest absolute Gasteiger partial charge is 0.218 e. The van der Waals surface area contributed by atoms with E-state index in [-0.39, 0.29) is 32.1 Å². The van der Waals surface area contributed by atoms with Crippen LogP contribution in [0.1, 0.15) is 5.56 Å². The van der Waals surface area contributed by atoms with Crippen molar-refractivity contribution in [3.05, 3.63) is 29.8 Å². The SMILES string of the molecule is COCCN(CCO)S(=O)(=O)Cc1ccccc1N. The van der Waals surface area contributed by atoms with E-state index < -0.39 is 10.0 Å². The Bertz CT molecular complexity index is 490. The third kappa shape index (κ3) is 4.79. The van der Waals surface area contributed by atoms with Crippen LogP contribution in [-0.4, -0.2) is 51.2 Å². The van der Waals surface area contributed by atoms with Gasteiger partial charge in [-0.1, -0.05) is 18.2 Å². The van der Waals surface area contributed by atoms with Crippen molar-refractivity contribution in [3.8, 4) is 0 Å². The summed E-state index contributed by atoms with van der Waals surface area (Å²) in [5.41, 5.74) is 6.75. The summed E-state index contributed by atoms with van der Waals surface area (Å²) >= 11 is 0. The molecular formula is C12H20N2O4S. The lowest BCUT2D eigenvalue weighted by Crippen LogP contribution is -2.37. The number of ether oxygens (including phenoxy) is 1. The molecule has 108 valence electrons. The van der Waals surface area contributed by atoms with E-state index in [1.54, 1.807) is 24.3 Å². The third-order valence-electron chi connectivity index (χ3n) is 2.68. The fraction of sp³-hybridized carbons (Fsp3) is 0.500. The Balaban J connectivity index is 2.85. The minimum atomic E-state index is -3.52. The van der Waals surface area contributed by atoms with Crippen LogP contribution in [0.2, 0.25) is 0 Å². The van der Waals surface area contributed by atoms with Crippen LogP contribution in [0, 0.1) is 0 Å². The summed E-state index contributed by atoms with van der Waals surface area (Å²) < 4.78 is 30.6. The Morgan fingerprint density at radius 2 is 2.00 bits per heavy atom. The van der Waals surface area contributed by atoms with Crippen molar-refractivity contribution in [3.63, 3.8) is 0 Å². The van der Waals surface area contributed by atoms with Crippen LogP contribution in [0.4, 0.5) is 5.69 Å². The normalized spacial score (nSPS) is 11.9. The molecule has 0 saturated carbocycles. The zero-order valence-electron chi connectivity index (χ0n) is 10.9. The minimum absolute atomic E-state index is 0.0540. The van der Waals surface area contributed by atoms with Gasteiger partial charge in [-0.15, -0.1) is 0 Å². The highest BCUT2D eigenvalue weighted by atomic mass is 32.2. The van der Waals surface area contributed by atoms with Gasteiger partial charge in [0.05, 0.1) is 19.0 Å². The Morgan fingerprint density at radius 3 is 2.58 bits per heavy atom. The quantitative estimate of drug-likeness (QED) is 0.659. The third-order valence-corrected chi connectivity index (χ3v) is 4.51. The molecular weight excluding hydrogens is 268 g/mol. The van der Waals surface area contributed by atoms with Gasteiger partial charge in [0.25, 0.3) is 0 Å². The van der Waals surface area contributed by atoms with Crippen molar-refractivity contribution in [2.45, 2.75) is 5.75 Å². The lowest BCUT2D eigenvalue weighted by atomic mass is 10.2. The van der Waals surface area contributed by atoms with Crippen LogP contribution in [-0.2, 0) is 20.5 Å². The van der Waals surface area contributed by atoms with Crippen molar-refractivity contribution in [1.29, 1.82) is 0 Å². The molecule has 0 bridgehead atoms. The molecule has 6 nitrogen and oxygen atoms in total. The molecule has 0 amide bonds. The fourth-order valence-corrected chi connectivity index (χ4v) is 3.20. The number of para-hydroxylation sites is 1. The van der Waals surface area contributed by atoms with Crippen LogP contribution in [0.15, 0.2) is 24.3 Å². The van der Waals surface area contributed by atoms with Gasteiger partial charge in [0.15, 0.2) is 0 Å². The summed E-state index contributed by atoms with van der Waals surface area (Å²) in [6.45, 7) is 0.321. The molecule has 1 rings (SSSR count). The van der Waals surface area contributed by atoms with Gasteiger partial charge in [-0.3, -0.25) is 0 Å². The van der Waals surface area contributed by atoms with Crippen LogP contribution < -0.4 is 5.73 Å². The summed E-state index contributed by atoms with van der Waals surface area (Å²) in [7, 11) is -2.02. The lowest BCUT2D eigenvalue weighted by molar-refractivity contribution is 0.168. The van der Waals surface area contributed by atoms with Gasteiger partial charge < -0.3 is 15.6 Å². The highest BCUT2D eigenvalue weighted by Gasteiger charge is 2.22. The van der Waals surface area contributed by atoms with Gasteiger partial charge in [0.2, 0.25) is 10.0 Å². The number of aliphatic hydroxyl groups excluding tert-OH is 1. The second-order valence-corrected chi connectivity index (χ2v) is 6.04. The van der Waals surface area contributed by atoms with Gasteiger partial charge in [-0.2, -0.15) is 4.31 Å². The molecule has 0 aromatic heterocycles. The van der Waals surface area contributed by atoms with Crippen molar-refractivity contribution in [2.75, 3.05) is 39.1 Å². The molecule has 0 fully saturated rings. The molecule has 0 aliphatic rings. The highest BCUT2D eigenvalue weighted by Crippen LogP contribution is 2.16. The largest absolute Gasteiger partial charge is 0.398 e. The summed E-state index contributed by atoms with van der Waals surface area (Å²) in [6, 6.07) is 6.84. The minimum Gasteiger partial charge on any atom is -0.398 e. The molecule has 0 saturated heterocycles. The van der Waals surface area contributed by atoms with Crippen molar-refractivity contribution < 1.29 is 18.3 Å². The number of hydrogen-bond donors (Lipinski definition) is 2. The Kier molecular flexibility index (Phi) is 6.23. The number of methoxy groups -OCH3 is 1. The average molecular weight is 288 g/mol. The summed E-state index contributed by atoms with van der Waals surface area (Å²) in [5.74, 6) is -0.177. The molecule has 0 aliphatic carbocycles. The van der Waals surface area contributed by atoms with Crippen molar-refractivity contribution in [1.82, 2.24) is 4.31 Å². The van der Waals surface area contributed by atoms with Gasteiger partial charge in [-0.25, -0.2) is 8.42 Å². The van der Waals surface area contributed by atoms with Crippen molar-refractivity contribution in [2.24, 2.45) is 0 Å². The fourth-order valence-electron chi connectivity index (χ4n) is 1.65. The first-order valence-corrected chi connectivity index (χ1v) is 7.53. The zero-order chi connectivity index (χ0) is 14.3. The van der Waals surface area contributed by atoms with E-state index >= 15 is 0 Å². The maximum absolute atomic E-state index is 12.3. The number of anilines is 1. The van der Waals surface area contributed by atoms with Gasteiger partial charge in [-0.05, 0) is 11.6 Å². The molecule has 0 heterocycles. The van der Waals surface area contributed by atoms with Crippen LogP contribution in [0.25, 0.3) is 0 Å². The van der Waals surface area contributed by atoms with E-state index in [1.807, 2.05) is 0 Å². The molecule has 0 aliphatic heterocycles. The van der Waals surface area contributed by atoms with Crippen LogP contribution in [0.3, 0.4) is 0 Å². The molecule has 0 radical (unpaired) electrons. The Hall–Kier alpha value is -1.15. The second-order valence-electron chi connectivity index (χ2n) is 4.07. The van der Waals surface area contributed by atoms with E-state index in [1.165, 1.54) is 11.4 Å². The number of nitrogens with zero attached hydrogens (tertiary/aromatic N) is 1. The molecule has 3 N–H and O–H groups in total. The summed E-state index contributed by atoms with van der Waals surface area (Å²) in [4.78, 5) is 0. The number of hydrogen-bond acceptors (Lipinski definition) is 5. The Morgan fingerprint density at radius 1 is 1.32 bits per heavy atom. The number of sulfonamides is 1. The van der Waals surface area contributed by atoms with Crippen molar-refractivity contribution >= 4 is 15.7 Å². The first kappa shape index (κ1) is 15.9. The molecule has 0 spiro atoms. The number of benzene rings is 1. The van der Waals surface area contributed by atoms with Gasteiger partial charge in [0, 0.05) is 25.9 Å². The van der Waals surface area contributed by atoms with E-state index in [9.17, 15) is 8.42 Å². The maximum Gasteiger partial charge on any atom is 0.218 e. The Labute approximate surface area is 113 Å². The number of aliphatic hydroxyl groups is 1. The standard InChI is InChI=1S/C12H20N2O4S/c1-18-9-7-14(6-8-15)19(16,17)10-11-4-2-3-5-12(11)13/h2-5,15H,6-10,13H2,1H3. The van der Waals surface area contributed by atoms with Gasteiger partial charge in [0.1, 0.15) is 0 Å². The van der Waals surface area contributed by atoms with Gasteiger partial charge >= 0.3 is 0 Å². The topological polar surface area (TPSA) is 92.9 Å². The highest BCUT2D eigenvalue weighted by molar-refractivity contribution is 7.88. The molecule has 0 unspecified atom stereocenters. The number of nitrogens with two attached hydrogens (primary N) is 1. The predicted molar refractivity (Wildman–Crippen MR) is 74.0 cm³/mol. The zero-order valence-corrected chi connectivity index (χ0v) is 11.8. The van der Waals surface area contributed by atoms with E-state index in [0.717, 1.165) is 0 Å². The number of rotatable bonds is 8. The monoisotopic (exact) mass is 288 g/mol. The first-order chi connectivity index (χ1) is 9.01. The van der Waals surface area contributed by atoms with E-state index in [0.29, 0.717) is 11.3 Å². The molecule has 7 heteroatoms. The molecule has 19 heavy (non-hydrogen) atoms. The maximum atomic E-state index is 12.3. The van der Waals surface area contributed by atoms with Crippen LogP contribution >= 0.6 is 0 Å².